The average Bonchev–Trinajstić information content (AvgIpc) is 2.29. The molecule has 2 fully saturated rings. The maximum Gasteiger partial charge on any atom is 0.317 e. The highest BCUT2D eigenvalue weighted by Gasteiger charge is 2.43. The van der Waals surface area contributed by atoms with Gasteiger partial charge in [-0.15, -0.1) is 0 Å². The Bertz CT molecular complexity index is 319. The van der Waals surface area contributed by atoms with Gasteiger partial charge in [-0.1, -0.05) is 0 Å². The van der Waals surface area contributed by atoms with Crippen molar-refractivity contribution in [1.82, 2.24) is 10.6 Å². The summed E-state index contributed by atoms with van der Waals surface area (Å²) < 4.78 is 4.93. The number of ketones is 1. The number of rotatable bonds is 2. The van der Waals surface area contributed by atoms with E-state index in [0.717, 1.165) is 12.8 Å². The smallest absolute Gasteiger partial charge is 0.317 e. The third kappa shape index (κ3) is 2.50. The highest BCUT2D eigenvalue weighted by atomic mass is 16.5. The van der Waals surface area contributed by atoms with Crippen molar-refractivity contribution < 1.29 is 14.3 Å². The first-order valence-electron chi connectivity index (χ1n) is 6.33. The van der Waals surface area contributed by atoms with E-state index in [2.05, 4.69) is 17.6 Å². The van der Waals surface area contributed by atoms with Crippen LogP contribution in [0.1, 0.15) is 26.7 Å². The number of carbonyl (C=O) groups excluding carboxylic acids is 2. The summed E-state index contributed by atoms with van der Waals surface area (Å²) in [4.78, 5) is 23.8. The van der Waals surface area contributed by atoms with E-state index in [9.17, 15) is 9.59 Å². The number of Topliss-reactive ketones (excluding diaryl/α,β-unsaturated/α-hetero) is 1. The monoisotopic (exact) mass is 240 g/mol. The molecule has 0 aromatic carbocycles. The fraction of sp³-hybridized carbons (Fsp3) is 0.833. The van der Waals surface area contributed by atoms with Gasteiger partial charge < -0.3 is 4.74 Å². The van der Waals surface area contributed by atoms with Crippen LogP contribution in [0.15, 0.2) is 0 Å². The normalized spacial score (nSPS) is 37.4. The minimum absolute atomic E-state index is 0.0249. The van der Waals surface area contributed by atoms with Crippen LogP contribution in [-0.4, -0.2) is 37.1 Å². The van der Waals surface area contributed by atoms with Crippen molar-refractivity contribution >= 4 is 11.8 Å². The highest BCUT2D eigenvalue weighted by molar-refractivity contribution is 6.01. The molecule has 0 aromatic heterocycles. The molecule has 0 aromatic rings. The molecule has 2 aliphatic rings. The summed E-state index contributed by atoms with van der Waals surface area (Å²) in [5, 5.41) is 6.59. The largest absolute Gasteiger partial charge is 0.465 e. The lowest BCUT2D eigenvalue weighted by Gasteiger charge is -2.41. The molecule has 0 saturated carbocycles. The molecule has 4 unspecified atom stereocenters. The van der Waals surface area contributed by atoms with Crippen molar-refractivity contribution in [3.63, 3.8) is 0 Å². The van der Waals surface area contributed by atoms with Crippen molar-refractivity contribution in [2.75, 3.05) is 13.2 Å². The second-order valence-electron chi connectivity index (χ2n) is 4.84. The van der Waals surface area contributed by atoms with Gasteiger partial charge in [0.15, 0.2) is 5.78 Å². The van der Waals surface area contributed by atoms with Gasteiger partial charge in [0, 0.05) is 18.5 Å². The molecule has 0 bridgehead atoms. The van der Waals surface area contributed by atoms with Gasteiger partial charge in [0.1, 0.15) is 5.92 Å². The Morgan fingerprint density at radius 2 is 2.24 bits per heavy atom. The Kier molecular flexibility index (Phi) is 3.79. The molecule has 2 heterocycles. The highest BCUT2D eigenvalue weighted by Crippen LogP contribution is 2.26. The SMILES string of the molecule is CCOC(=O)C1CNC2NC(C)CCC2C1=O. The molecular formula is C12H20N2O3. The number of carbonyl (C=O) groups is 2. The van der Waals surface area contributed by atoms with Crippen LogP contribution < -0.4 is 10.6 Å². The van der Waals surface area contributed by atoms with E-state index in [1.165, 1.54) is 0 Å². The van der Waals surface area contributed by atoms with Crippen LogP contribution in [0.5, 0.6) is 0 Å². The minimum Gasteiger partial charge on any atom is -0.465 e. The number of fused-ring (bicyclic) bond motifs is 1. The van der Waals surface area contributed by atoms with E-state index in [1.54, 1.807) is 6.92 Å². The van der Waals surface area contributed by atoms with Gasteiger partial charge in [0.2, 0.25) is 0 Å². The van der Waals surface area contributed by atoms with Crippen LogP contribution in [0.2, 0.25) is 0 Å². The lowest BCUT2D eigenvalue weighted by molar-refractivity contribution is -0.154. The molecule has 0 amide bonds. The summed E-state index contributed by atoms with van der Waals surface area (Å²) in [6.07, 6.45) is 1.85. The van der Waals surface area contributed by atoms with Crippen molar-refractivity contribution in [3.8, 4) is 0 Å². The van der Waals surface area contributed by atoms with Gasteiger partial charge in [-0.05, 0) is 26.7 Å². The molecule has 0 spiro atoms. The Hall–Kier alpha value is -0.940. The van der Waals surface area contributed by atoms with Crippen LogP contribution in [0, 0.1) is 11.8 Å². The lowest BCUT2D eigenvalue weighted by atomic mass is 9.80. The van der Waals surface area contributed by atoms with Gasteiger partial charge in [-0.3, -0.25) is 20.2 Å². The number of hydrogen-bond donors (Lipinski definition) is 2. The van der Waals surface area contributed by atoms with Gasteiger partial charge in [0.05, 0.1) is 12.8 Å². The van der Waals surface area contributed by atoms with E-state index in [1.807, 2.05) is 0 Å². The van der Waals surface area contributed by atoms with Crippen LogP contribution in [-0.2, 0) is 14.3 Å². The number of ether oxygens (including phenoxy) is 1. The second-order valence-corrected chi connectivity index (χ2v) is 4.84. The van der Waals surface area contributed by atoms with E-state index < -0.39 is 5.92 Å². The Balaban J connectivity index is 2.02. The summed E-state index contributed by atoms with van der Waals surface area (Å²) in [6, 6.07) is 0.427. The van der Waals surface area contributed by atoms with Crippen molar-refractivity contribution in [2.24, 2.45) is 11.8 Å². The summed E-state index contributed by atoms with van der Waals surface area (Å²) in [5.74, 6) is -1.06. The molecule has 4 atom stereocenters. The van der Waals surface area contributed by atoms with Crippen molar-refractivity contribution in [3.05, 3.63) is 0 Å². The first kappa shape index (κ1) is 12.5. The van der Waals surface area contributed by atoms with E-state index >= 15 is 0 Å². The first-order chi connectivity index (χ1) is 8.13. The minimum atomic E-state index is -0.619. The first-order valence-corrected chi connectivity index (χ1v) is 6.33. The lowest BCUT2D eigenvalue weighted by Crippen LogP contribution is -2.63. The third-order valence-electron chi connectivity index (χ3n) is 3.60. The zero-order valence-electron chi connectivity index (χ0n) is 10.4. The quantitative estimate of drug-likeness (QED) is 0.527. The third-order valence-corrected chi connectivity index (χ3v) is 3.60. The molecule has 2 saturated heterocycles. The van der Waals surface area contributed by atoms with Crippen LogP contribution in [0.3, 0.4) is 0 Å². The Morgan fingerprint density at radius 1 is 1.47 bits per heavy atom. The molecule has 0 radical (unpaired) electrons. The predicted molar refractivity (Wildman–Crippen MR) is 62.2 cm³/mol. The number of piperidine rings is 2. The summed E-state index contributed by atoms with van der Waals surface area (Å²) in [6.45, 7) is 4.58. The summed E-state index contributed by atoms with van der Waals surface area (Å²) >= 11 is 0. The van der Waals surface area contributed by atoms with Crippen LogP contribution in [0.4, 0.5) is 0 Å². The molecule has 96 valence electrons. The molecule has 0 aliphatic carbocycles. The molecule has 2 aliphatic heterocycles. The van der Waals surface area contributed by atoms with E-state index in [4.69, 9.17) is 4.74 Å². The van der Waals surface area contributed by atoms with Gasteiger partial charge in [-0.2, -0.15) is 0 Å². The Labute approximate surface area is 101 Å². The molecule has 2 rings (SSSR count). The zero-order chi connectivity index (χ0) is 12.4. The molecular weight excluding hydrogens is 220 g/mol. The van der Waals surface area contributed by atoms with Gasteiger partial charge in [-0.25, -0.2) is 0 Å². The molecule has 2 N–H and O–H groups in total. The summed E-state index contributed by atoms with van der Waals surface area (Å²) in [7, 11) is 0. The van der Waals surface area contributed by atoms with Crippen molar-refractivity contribution in [1.29, 1.82) is 0 Å². The maximum atomic E-state index is 12.2. The fourth-order valence-corrected chi connectivity index (χ4v) is 2.66. The predicted octanol–water partition coefficient (Wildman–Crippen LogP) is 0.0522. The van der Waals surface area contributed by atoms with E-state index in [-0.39, 0.29) is 23.8 Å². The van der Waals surface area contributed by atoms with Crippen LogP contribution in [0.25, 0.3) is 0 Å². The molecule has 5 nitrogen and oxygen atoms in total. The summed E-state index contributed by atoms with van der Waals surface area (Å²) in [5.41, 5.74) is 0. The van der Waals surface area contributed by atoms with Crippen LogP contribution >= 0.6 is 0 Å². The average molecular weight is 240 g/mol. The van der Waals surface area contributed by atoms with Gasteiger partial charge >= 0.3 is 5.97 Å². The molecule has 5 heteroatoms. The zero-order valence-corrected chi connectivity index (χ0v) is 10.4. The number of nitrogens with one attached hydrogen (secondary N) is 2. The fourth-order valence-electron chi connectivity index (χ4n) is 2.66. The Morgan fingerprint density at radius 3 is 2.94 bits per heavy atom. The second kappa shape index (κ2) is 5.14. The number of hydrogen-bond acceptors (Lipinski definition) is 5. The van der Waals surface area contributed by atoms with E-state index in [0.29, 0.717) is 19.2 Å². The van der Waals surface area contributed by atoms with Crippen molar-refractivity contribution in [2.45, 2.75) is 38.9 Å². The molecule has 17 heavy (non-hydrogen) atoms. The maximum absolute atomic E-state index is 12.2. The van der Waals surface area contributed by atoms with Gasteiger partial charge in [0.25, 0.3) is 0 Å². The standard InChI is InChI=1S/C12H20N2O3/c1-3-17-12(16)9-6-13-11-8(10(9)15)5-4-7(2)14-11/h7-9,11,13-14H,3-6H2,1-2H3. The number of esters is 1. The topological polar surface area (TPSA) is 67.4 Å².